The number of nitrogens with two attached hydrogens (primary N) is 1. The minimum absolute atomic E-state index is 0.00269. The number of rotatable bonds is 4. The smallest absolute Gasteiger partial charge is 0.330 e. The van der Waals surface area contributed by atoms with Crippen LogP contribution in [0.2, 0.25) is 0 Å². The number of hydrogen-bond donors (Lipinski definition) is 8. The lowest BCUT2D eigenvalue weighted by Gasteiger charge is -2.45. The van der Waals surface area contributed by atoms with E-state index in [0.29, 0.717) is 0 Å². The van der Waals surface area contributed by atoms with Crippen LogP contribution >= 0.6 is 0 Å². The number of carboxylic acids is 1. The molecule has 0 aliphatic carbocycles. The molecule has 2 saturated heterocycles. The van der Waals surface area contributed by atoms with Crippen LogP contribution in [-0.2, 0) is 28.5 Å². The summed E-state index contributed by atoms with van der Waals surface area (Å²) in [5.74, 6) is -5.67. The lowest BCUT2D eigenvalue weighted by Crippen LogP contribution is -2.59. The molecule has 0 aromatic carbocycles. The van der Waals surface area contributed by atoms with E-state index in [9.17, 15) is 45.3 Å². The van der Waals surface area contributed by atoms with Crippen molar-refractivity contribution in [1.82, 2.24) is 0 Å². The molecule has 0 radical (unpaired) electrons. The van der Waals surface area contributed by atoms with Crippen LogP contribution in [0.25, 0.3) is 0 Å². The van der Waals surface area contributed by atoms with Crippen molar-refractivity contribution in [1.29, 1.82) is 0 Å². The van der Waals surface area contributed by atoms with Crippen LogP contribution in [0.3, 0.4) is 0 Å². The van der Waals surface area contributed by atoms with Crippen LogP contribution in [-0.4, -0.2) is 121 Å². The third kappa shape index (κ3) is 12.0. The van der Waals surface area contributed by atoms with Crippen LogP contribution in [0, 0.1) is 11.8 Å². The van der Waals surface area contributed by atoms with Crippen LogP contribution in [0.1, 0.15) is 52.4 Å². The first kappa shape index (κ1) is 39.7. The van der Waals surface area contributed by atoms with Crippen molar-refractivity contribution in [3.8, 4) is 0 Å². The Morgan fingerprint density at radius 1 is 0.979 bits per heavy atom. The Balaban J connectivity index is 1.91. The molecule has 2 fully saturated rings. The van der Waals surface area contributed by atoms with E-state index in [1.54, 1.807) is 43.4 Å². The summed E-state index contributed by atoms with van der Waals surface area (Å²) in [5, 5.41) is 73.9. The van der Waals surface area contributed by atoms with Gasteiger partial charge in [-0.1, -0.05) is 61.6 Å². The number of hydrogen-bond acceptors (Lipinski definition) is 13. The van der Waals surface area contributed by atoms with Gasteiger partial charge in [0.25, 0.3) is 0 Å². The van der Waals surface area contributed by atoms with Crippen molar-refractivity contribution in [3.05, 3.63) is 60.8 Å². The summed E-state index contributed by atoms with van der Waals surface area (Å²) >= 11 is 0. The Hall–Kier alpha value is -2.76. The van der Waals surface area contributed by atoms with Crippen LogP contribution in [0.15, 0.2) is 60.8 Å². The third-order valence-electron chi connectivity index (χ3n) is 8.70. The number of carbonyl (C=O) groups excluding carboxylic acids is 1. The summed E-state index contributed by atoms with van der Waals surface area (Å²) in [4.78, 5) is 24.6. The first-order chi connectivity index (χ1) is 22.7. The number of cyclic esters (lactones) is 1. The zero-order chi connectivity index (χ0) is 35.4. The maximum atomic E-state index is 12.3. The van der Waals surface area contributed by atoms with Gasteiger partial charge in [0.15, 0.2) is 12.1 Å². The van der Waals surface area contributed by atoms with Crippen LogP contribution in [0.4, 0.5) is 0 Å². The quantitative estimate of drug-likeness (QED) is 0.187. The highest BCUT2D eigenvalue weighted by atomic mass is 16.7. The van der Waals surface area contributed by atoms with Gasteiger partial charge in [-0.25, -0.2) is 4.79 Å². The standard InChI is InChI=1S/C34H51NO13/c1-3-21-11-8-6-4-5-7-9-13-24(47-33-31(41)30(35)26(39)19-45-33)16-27-29(32(42)43)25(38)18-34(44,48-27)17-23(37)15-22(36)12-10-14-28(40)46-20(21)2/h4-11,13-14,20-27,29-31,33,36-39,41,44H,3,12,15-19,35H2,1-2H3,(H,42,43)/b6-4+,7-5+,11-8+,13-9+,14-10+/t20-,21+,22+,23+,24+,25+,26-,27+,29-,30+,31-,33+,34-/m1/s1. The molecule has 3 aliphatic rings. The van der Waals surface area contributed by atoms with Gasteiger partial charge in [0.2, 0.25) is 0 Å². The summed E-state index contributed by atoms with van der Waals surface area (Å²) in [6.07, 6.45) is 5.15. The minimum Gasteiger partial charge on any atom is -0.481 e. The normalized spacial score (nSPS) is 44.3. The van der Waals surface area contributed by atoms with Gasteiger partial charge >= 0.3 is 11.9 Å². The summed E-state index contributed by atoms with van der Waals surface area (Å²) in [6.45, 7) is 3.55. The molecule has 9 N–H and O–H groups in total. The van der Waals surface area contributed by atoms with Gasteiger partial charge in [0.05, 0.1) is 49.3 Å². The molecule has 13 atom stereocenters. The number of aliphatic hydroxyl groups excluding tert-OH is 5. The zero-order valence-corrected chi connectivity index (χ0v) is 27.3. The minimum atomic E-state index is -2.17. The lowest BCUT2D eigenvalue weighted by molar-refractivity contribution is -0.305. The molecule has 3 rings (SSSR count). The first-order valence-electron chi connectivity index (χ1n) is 16.3. The Labute approximate surface area is 280 Å². The summed E-state index contributed by atoms with van der Waals surface area (Å²) < 4.78 is 22.8. The van der Waals surface area contributed by atoms with E-state index in [4.69, 9.17) is 24.7 Å². The zero-order valence-electron chi connectivity index (χ0n) is 27.3. The number of fused-ring (bicyclic) bond motifs is 2. The summed E-state index contributed by atoms with van der Waals surface area (Å²) in [5.41, 5.74) is 5.89. The predicted octanol–water partition coefficient (Wildman–Crippen LogP) is 0.351. The van der Waals surface area contributed by atoms with E-state index in [-0.39, 0.29) is 31.8 Å². The van der Waals surface area contributed by atoms with Crippen molar-refractivity contribution in [2.45, 2.75) is 119 Å². The van der Waals surface area contributed by atoms with E-state index in [2.05, 4.69) is 0 Å². The Morgan fingerprint density at radius 3 is 2.31 bits per heavy atom. The SMILES string of the molecule is CC[C@H]1/C=C/C=C/C=C/C=C/[C@H](O[C@@H]2OC[C@@H](O)[C@H](N)[C@H]2O)C[C@@H]2O[C@](O)(C[C@@H](O)C[C@@H](O)C/C=C/C(=O)O[C@@H]1C)C[C@H](O)[C@H]2C(=O)O. The molecule has 0 spiro atoms. The number of esters is 1. The molecule has 0 saturated carbocycles. The van der Waals surface area contributed by atoms with Crippen LogP contribution in [0.5, 0.6) is 0 Å². The fraction of sp³-hybridized carbons (Fsp3) is 0.647. The average Bonchev–Trinajstić information content (AvgIpc) is 2.99. The monoisotopic (exact) mass is 681 g/mol. The maximum Gasteiger partial charge on any atom is 0.330 e. The molecule has 0 aromatic heterocycles. The first-order valence-corrected chi connectivity index (χ1v) is 16.3. The topological polar surface area (TPSA) is 239 Å². The van der Waals surface area contributed by atoms with Gasteiger partial charge < -0.3 is 60.4 Å². The Morgan fingerprint density at radius 2 is 1.65 bits per heavy atom. The average molecular weight is 682 g/mol. The second-order valence-corrected chi connectivity index (χ2v) is 12.6. The molecular formula is C34H51NO13. The predicted molar refractivity (Wildman–Crippen MR) is 172 cm³/mol. The molecule has 2 bridgehead atoms. The third-order valence-corrected chi connectivity index (χ3v) is 8.70. The highest BCUT2D eigenvalue weighted by Crippen LogP contribution is 2.38. The highest BCUT2D eigenvalue weighted by molar-refractivity contribution is 5.82. The van der Waals surface area contributed by atoms with Crippen molar-refractivity contribution >= 4 is 11.9 Å². The number of allylic oxidation sites excluding steroid dienone is 6. The molecule has 14 nitrogen and oxygen atoms in total. The molecule has 270 valence electrons. The second kappa shape index (κ2) is 18.9. The number of aliphatic carboxylic acids is 1. The van der Waals surface area contributed by atoms with Gasteiger partial charge in [-0.2, -0.15) is 0 Å². The molecule has 0 amide bonds. The van der Waals surface area contributed by atoms with E-state index in [1.807, 2.05) is 19.1 Å². The van der Waals surface area contributed by atoms with E-state index < -0.39 is 97.6 Å². The number of carboxylic acid groups (broad SMARTS) is 1. The fourth-order valence-corrected chi connectivity index (χ4v) is 6.04. The van der Waals surface area contributed by atoms with Crippen molar-refractivity contribution in [2.75, 3.05) is 6.61 Å². The van der Waals surface area contributed by atoms with E-state index in [1.165, 1.54) is 12.2 Å². The van der Waals surface area contributed by atoms with Gasteiger partial charge in [-0.05, 0) is 26.2 Å². The highest BCUT2D eigenvalue weighted by Gasteiger charge is 2.50. The number of aliphatic hydroxyl groups is 6. The molecule has 48 heavy (non-hydrogen) atoms. The van der Waals surface area contributed by atoms with E-state index >= 15 is 0 Å². The van der Waals surface area contributed by atoms with Gasteiger partial charge in [-0.3, -0.25) is 4.79 Å². The molecular weight excluding hydrogens is 630 g/mol. The summed E-state index contributed by atoms with van der Waals surface area (Å²) in [7, 11) is 0. The lowest BCUT2D eigenvalue weighted by atomic mass is 9.83. The molecule has 14 heteroatoms. The maximum absolute atomic E-state index is 12.3. The fourth-order valence-electron chi connectivity index (χ4n) is 6.04. The van der Waals surface area contributed by atoms with Gasteiger partial charge in [0.1, 0.15) is 18.1 Å². The Bertz CT molecular complexity index is 1190. The van der Waals surface area contributed by atoms with Crippen molar-refractivity contribution in [3.63, 3.8) is 0 Å². The van der Waals surface area contributed by atoms with Gasteiger partial charge in [0, 0.05) is 31.3 Å². The van der Waals surface area contributed by atoms with Crippen LogP contribution < -0.4 is 5.73 Å². The molecule has 0 unspecified atom stereocenters. The molecule has 3 aliphatic heterocycles. The van der Waals surface area contributed by atoms with E-state index in [0.717, 1.165) is 6.42 Å². The van der Waals surface area contributed by atoms with Crippen molar-refractivity contribution in [2.24, 2.45) is 17.6 Å². The molecule has 3 heterocycles. The van der Waals surface area contributed by atoms with Gasteiger partial charge in [-0.15, -0.1) is 0 Å². The summed E-state index contributed by atoms with van der Waals surface area (Å²) in [6, 6.07) is -1.07. The second-order valence-electron chi connectivity index (χ2n) is 12.6. The molecule has 0 aromatic rings. The van der Waals surface area contributed by atoms with Crippen molar-refractivity contribution < 1.29 is 64.3 Å². The Kier molecular flexibility index (Phi) is 15.6. The number of carbonyl (C=O) groups is 2. The largest absolute Gasteiger partial charge is 0.481 e. The number of ether oxygens (including phenoxy) is 4.